The van der Waals surface area contributed by atoms with E-state index in [1.807, 2.05) is 6.07 Å². The Morgan fingerprint density at radius 2 is 2.25 bits per heavy atom. The van der Waals surface area contributed by atoms with Crippen molar-refractivity contribution >= 4 is 60.7 Å². The summed E-state index contributed by atoms with van der Waals surface area (Å²) in [5, 5.41) is 2.94. The number of thiophene rings is 1. The van der Waals surface area contributed by atoms with Crippen molar-refractivity contribution in [1.29, 1.82) is 0 Å². The number of carbonyl (C=O) groups is 1. The van der Waals surface area contributed by atoms with Crippen LogP contribution in [0.3, 0.4) is 0 Å². The summed E-state index contributed by atoms with van der Waals surface area (Å²) < 4.78 is 1.86. The standard InChI is InChI=1S/C10H10Br2ClNOS/c11-6-3-7(16-8(6)12)9(15)14-5-10(4-13)1-2-10/h3H,1-2,4-5H2,(H,14,15). The van der Waals surface area contributed by atoms with Crippen molar-refractivity contribution in [3.05, 3.63) is 19.2 Å². The Kier molecular flexibility index (Phi) is 3.99. The molecule has 1 saturated carbocycles. The Balaban J connectivity index is 1.93. The van der Waals surface area contributed by atoms with E-state index in [1.54, 1.807) is 0 Å². The molecular weight excluding hydrogens is 377 g/mol. The Hall–Kier alpha value is 0.420. The van der Waals surface area contributed by atoms with Crippen LogP contribution in [-0.4, -0.2) is 18.3 Å². The van der Waals surface area contributed by atoms with Gasteiger partial charge in [0.25, 0.3) is 5.91 Å². The molecule has 88 valence electrons. The van der Waals surface area contributed by atoms with Gasteiger partial charge < -0.3 is 5.32 Å². The highest BCUT2D eigenvalue weighted by Gasteiger charge is 2.41. The maximum Gasteiger partial charge on any atom is 0.261 e. The molecule has 1 aliphatic rings. The fourth-order valence-electron chi connectivity index (χ4n) is 1.35. The van der Waals surface area contributed by atoms with Crippen molar-refractivity contribution in [1.82, 2.24) is 5.32 Å². The van der Waals surface area contributed by atoms with Crippen LogP contribution in [-0.2, 0) is 0 Å². The lowest BCUT2D eigenvalue weighted by atomic mass is 10.1. The largest absolute Gasteiger partial charge is 0.351 e. The molecule has 6 heteroatoms. The zero-order valence-electron chi connectivity index (χ0n) is 8.36. The molecular formula is C10H10Br2ClNOS. The van der Waals surface area contributed by atoms with E-state index in [0.717, 1.165) is 21.1 Å². The molecule has 0 atom stereocenters. The molecule has 0 aliphatic heterocycles. The quantitative estimate of drug-likeness (QED) is 0.777. The van der Waals surface area contributed by atoms with Crippen molar-refractivity contribution in [2.45, 2.75) is 12.8 Å². The zero-order chi connectivity index (χ0) is 11.8. The van der Waals surface area contributed by atoms with Crippen LogP contribution in [0.1, 0.15) is 22.5 Å². The third kappa shape index (κ3) is 2.81. The molecule has 0 aromatic carbocycles. The van der Waals surface area contributed by atoms with Crippen LogP contribution in [0.2, 0.25) is 0 Å². The van der Waals surface area contributed by atoms with Gasteiger partial charge in [-0.1, -0.05) is 0 Å². The summed E-state index contributed by atoms with van der Waals surface area (Å²) in [5.41, 5.74) is 0.170. The first kappa shape index (κ1) is 12.9. The third-order valence-corrected chi connectivity index (χ3v) is 6.56. The van der Waals surface area contributed by atoms with E-state index in [4.69, 9.17) is 11.6 Å². The Bertz CT molecular complexity index is 397. The maximum absolute atomic E-state index is 11.8. The van der Waals surface area contributed by atoms with Gasteiger partial charge in [-0.3, -0.25) is 4.79 Å². The van der Waals surface area contributed by atoms with Crippen molar-refractivity contribution in [3.63, 3.8) is 0 Å². The molecule has 1 aromatic rings. The fourth-order valence-corrected chi connectivity index (χ4v) is 3.66. The number of hydrogen-bond donors (Lipinski definition) is 1. The number of rotatable bonds is 4. The first-order valence-corrected chi connectivity index (χ1v) is 7.79. The normalized spacial score (nSPS) is 17.2. The summed E-state index contributed by atoms with van der Waals surface area (Å²) in [5.74, 6) is 0.610. The molecule has 2 rings (SSSR count). The van der Waals surface area contributed by atoms with Crippen LogP contribution in [0, 0.1) is 5.41 Å². The minimum atomic E-state index is -0.0206. The van der Waals surface area contributed by atoms with Crippen LogP contribution in [0.15, 0.2) is 14.3 Å². The monoisotopic (exact) mass is 385 g/mol. The molecule has 0 spiro atoms. The average molecular weight is 388 g/mol. The van der Waals surface area contributed by atoms with Gasteiger partial charge in [-0.15, -0.1) is 22.9 Å². The second kappa shape index (κ2) is 4.96. The van der Waals surface area contributed by atoms with Gasteiger partial charge in [0.15, 0.2) is 0 Å². The van der Waals surface area contributed by atoms with E-state index in [9.17, 15) is 4.79 Å². The van der Waals surface area contributed by atoms with Gasteiger partial charge in [-0.25, -0.2) is 0 Å². The van der Waals surface area contributed by atoms with Gasteiger partial charge in [0.1, 0.15) is 0 Å². The zero-order valence-corrected chi connectivity index (χ0v) is 13.1. The second-order valence-electron chi connectivity index (χ2n) is 4.05. The molecule has 0 unspecified atom stereocenters. The lowest BCUT2D eigenvalue weighted by molar-refractivity contribution is 0.0950. The van der Waals surface area contributed by atoms with E-state index in [0.29, 0.717) is 17.3 Å². The van der Waals surface area contributed by atoms with Crippen molar-refractivity contribution in [2.75, 3.05) is 12.4 Å². The highest BCUT2D eigenvalue weighted by molar-refractivity contribution is 9.13. The number of amides is 1. The molecule has 1 fully saturated rings. The summed E-state index contributed by atoms with van der Waals surface area (Å²) in [4.78, 5) is 12.5. The summed E-state index contributed by atoms with van der Waals surface area (Å²) in [7, 11) is 0. The molecule has 1 aromatic heterocycles. The molecule has 0 saturated heterocycles. The molecule has 0 bridgehead atoms. The minimum absolute atomic E-state index is 0.0206. The number of alkyl halides is 1. The SMILES string of the molecule is O=C(NCC1(CCl)CC1)c1cc(Br)c(Br)s1. The maximum atomic E-state index is 11.8. The minimum Gasteiger partial charge on any atom is -0.351 e. The third-order valence-electron chi connectivity index (χ3n) is 2.73. The van der Waals surface area contributed by atoms with Crippen LogP contribution in [0.4, 0.5) is 0 Å². The number of carbonyl (C=O) groups excluding carboxylic acids is 1. The van der Waals surface area contributed by atoms with Crippen LogP contribution in [0.5, 0.6) is 0 Å². The van der Waals surface area contributed by atoms with Gasteiger partial charge in [-0.2, -0.15) is 0 Å². The summed E-state index contributed by atoms with van der Waals surface area (Å²) >= 11 is 14.0. The highest BCUT2D eigenvalue weighted by atomic mass is 79.9. The highest BCUT2D eigenvalue weighted by Crippen LogP contribution is 2.46. The van der Waals surface area contributed by atoms with Crippen molar-refractivity contribution < 1.29 is 4.79 Å². The first-order chi connectivity index (χ1) is 7.56. The predicted octanol–water partition coefficient (Wildman–Crippen LogP) is 4.02. The van der Waals surface area contributed by atoms with E-state index in [-0.39, 0.29) is 11.3 Å². The molecule has 1 amide bonds. The van der Waals surface area contributed by atoms with E-state index < -0.39 is 0 Å². The lowest BCUT2D eigenvalue weighted by Gasteiger charge is -2.11. The Morgan fingerprint density at radius 1 is 1.56 bits per heavy atom. The van der Waals surface area contributed by atoms with Crippen LogP contribution in [0.25, 0.3) is 0 Å². The van der Waals surface area contributed by atoms with Gasteiger partial charge in [0.05, 0.1) is 8.66 Å². The van der Waals surface area contributed by atoms with Gasteiger partial charge in [-0.05, 0) is 50.8 Å². The summed E-state index contributed by atoms with van der Waals surface area (Å²) in [6, 6.07) is 1.82. The Morgan fingerprint density at radius 3 is 2.69 bits per heavy atom. The molecule has 1 N–H and O–H groups in total. The van der Waals surface area contributed by atoms with Gasteiger partial charge in [0.2, 0.25) is 0 Å². The summed E-state index contributed by atoms with van der Waals surface area (Å²) in [6.07, 6.45) is 2.24. The van der Waals surface area contributed by atoms with E-state index >= 15 is 0 Å². The second-order valence-corrected chi connectivity index (χ2v) is 7.54. The number of nitrogens with one attached hydrogen (secondary N) is 1. The molecule has 16 heavy (non-hydrogen) atoms. The molecule has 0 radical (unpaired) electrons. The van der Waals surface area contributed by atoms with Gasteiger partial charge >= 0.3 is 0 Å². The predicted molar refractivity (Wildman–Crippen MR) is 74.4 cm³/mol. The van der Waals surface area contributed by atoms with Crippen molar-refractivity contribution in [3.8, 4) is 0 Å². The van der Waals surface area contributed by atoms with Crippen LogP contribution < -0.4 is 5.32 Å². The van der Waals surface area contributed by atoms with Gasteiger partial charge in [0, 0.05) is 22.3 Å². The molecule has 2 nitrogen and oxygen atoms in total. The topological polar surface area (TPSA) is 29.1 Å². The number of hydrogen-bond acceptors (Lipinski definition) is 2. The van der Waals surface area contributed by atoms with E-state index in [1.165, 1.54) is 11.3 Å². The summed E-state index contributed by atoms with van der Waals surface area (Å²) in [6.45, 7) is 0.683. The van der Waals surface area contributed by atoms with Crippen molar-refractivity contribution in [2.24, 2.45) is 5.41 Å². The molecule has 1 heterocycles. The van der Waals surface area contributed by atoms with E-state index in [2.05, 4.69) is 37.2 Å². The Labute approximate surface area is 120 Å². The van der Waals surface area contributed by atoms with Crippen LogP contribution >= 0.6 is 54.8 Å². The average Bonchev–Trinajstić information content (AvgIpc) is 2.98. The fraction of sp³-hybridized carbons (Fsp3) is 0.500. The smallest absolute Gasteiger partial charge is 0.261 e. The molecule has 1 aliphatic carbocycles. The first-order valence-electron chi connectivity index (χ1n) is 4.85. The number of halogens is 3. The lowest BCUT2D eigenvalue weighted by Crippen LogP contribution is -2.30.